The van der Waals surface area contributed by atoms with Gasteiger partial charge in [-0.2, -0.15) is 18.2 Å². The highest BCUT2D eigenvalue weighted by Gasteiger charge is 2.46. The molecule has 0 amide bonds. The number of nitrogens with zero attached hydrogens (tertiary/aromatic N) is 4. The van der Waals surface area contributed by atoms with Gasteiger partial charge in [0.25, 0.3) is 6.01 Å². The van der Waals surface area contributed by atoms with Crippen molar-refractivity contribution >= 4 is 28.5 Å². The van der Waals surface area contributed by atoms with E-state index in [1.807, 2.05) is 0 Å². The summed E-state index contributed by atoms with van der Waals surface area (Å²) in [6.07, 6.45) is -2.20. The molecule has 26 heavy (non-hydrogen) atoms. The average Bonchev–Trinajstić information content (AvgIpc) is 3.29. The number of anilines is 1. The molecule has 0 saturated carbocycles. The van der Waals surface area contributed by atoms with E-state index in [0.717, 1.165) is 23.7 Å². The average molecular weight is 384 g/mol. The largest absolute Gasteiger partial charge is 0.423 e. The molecule has 2 aromatic heterocycles. The van der Waals surface area contributed by atoms with E-state index in [9.17, 15) is 17.7 Å². The van der Waals surface area contributed by atoms with Gasteiger partial charge in [0.2, 0.25) is 0 Å². The number of rotatable bonds is 2. The fourth-order valence-electron chi connectivity index (χ4n) is 3.56. The molecule has 10 heteroatoms. The number of fused-ring (bicyclic) bond motifs is 3. The van der Waals surface area contributed by atoms with Gasteiger partial charge in [0.15, 0.2) is 5.58 Å². The molecule has 5 nitrogen and oxygen atoms in total. The molecule has 136 valence electrons. The standard InChI is InChI=1S/C16H12F4N4OS/c17-16(18,19)8-3-11(14-21-1-2-26-14)13-12(4-8)22-15(25-13)23-6-9-5-10(7-23)24(9)20/h1-4,9-10H,5-7H2. The summed E-state index contributed by atoms with van der Waals surface area (Å²) >= 11 is 1.23. The Bertz CT molecular complexity index is 959. The number of benzene rings is 1. The zero-order valence-electron chi connectivity index (χ0n) is 13.2. The molecule has 0 aliphatic carbocycles. The van der Waals surface area contributed by atoms with Crippen LogP contribution in [0.1, 0.15) is 12.0 Å². The highest BCUT2D eigenvalue weighted by molar-refractivity contribution is 7.13. The fourth-order valence-corrected chi connectivity index (χ4v) is 4.21. The molecule has 2 unspecified atom stereocenters. The van der Waals surface area contributed by atoms with Crippen molar-refractivity contribution in [1.82, 2.24) is 15.1 Å². The van der Waals surface area contributed by atoms with E-state index < -0.39 is 11.7 Å². The molecule has 1 aromatic carbocycles. The molecule has 3 aromatic rings. The number of thiazole rings is 1. The Morgan fingerprint density at radius 3 is 2.58 bits per heavy atom. The van der Waals surface area contributed by atoms with Crippen molar-refractivity contribution in [3.05, 3.63) is 29.3 Å². The van der Waals surface area contributed by atoms with Gasteiger partial charge < -0.3 is 9.32 Å². The van der Waals surface area contributed by atoms with Gasteiger partial charge in [0.1, 0.15) is 10.5 Å². The third kappa shape index (κ3) is 2.39. The Morgan fingerprint density at radius 2 is 1.96 bits per heavy atom. The molecular formula is C16H12F4N4OS. The molecule has 2 bridgehead atoms. The second-order valence-electron chi connectivity index (χ2n) is 6.50. The number of aromatic nitrogens is 2. The lowest BCUT2D eigenvalue weighted by molar-refractivity contribution is -0.152. The SMILES string of the molecule is FN1C2CC1CN(c1nc3cc(C(F)(F)F)cc(-c4nccs4)c3o1)C2. The minimum Gasteiger partial charge on any atom is -0.423 e. The predicted molar refractivity (Wildman–Crippen MR) is 87.5 cm³/mol. The summed E-state index contributed by atoms with van der Waals surface area (Å²) in [5.74, 6) is 0. The van der Waals surface area contributed by atoms with Crippen molar-refractivity contribution in [3.63, 3.8) is 0 Å². The van der Waals surface area contributed by atoms with E-state index in [4.69, 9.17) is 4.42 Å². The normalized spacial score (nSPS) is 23.5. The molecule has 0 radical (unpaired) electrons. The Kier molecular flexibility index (Phi) is 3.32. The molecule has 3 aliphatic heterocycles. The third-order valence-corrected chi connectivity index (χ3v) is 5.65. The summed E-state index contributed by atoms with van der Waals surface area (Å²) in [4.78, 5) is 10.1. The lowest BCUT2D eigenvalue weighted by Gasteiger charge is -2.50. The van der Waals surface area contributed by atoms with Gasteiger partial charge >= 0.3 is 6.18 Å². The maximum absolute atomic E-state index is 13.6. The van der Waals surface area contributed by atoms with E-state index in [2.05, 4.69) is 9.97 Å². The fraction of sp³-hybridized carbons (Fsp3) is 0.375. The number of hydrogen-bond acceptors (Lipinski definition) is 6. The van der Waals surface area contributed by atoms with E-state index in [1.165, 1.54) is 17.5 Å². The number of oxazole rings is 1. The van der Waals surface area contributed by atoms with Gasteiger partial charge in [-0.15, -0.1) is 20.9 Å². The smallest absolute Gasteiger partial charge is 0.416 e. The Labute approximate surface area is 148 Å². The first-order valence-corrected chi connectivity index (χ1v) is 8.89. The van der Waals surface area contributed by atoms with Gasteiger partial charge in [-0.3, -0.25) is 0 Å². The zero-order chi connectivity index (χ0) is 18.1. The van der Waals surface area contributed by atoms with Crippen LogP contribution < -0.4 is 4.90 Å². The predicted octanol–water partition coefficient (Wildman–Crippen LogP) is 4.12. The van der Waals surface area contributed by atoms with Crippen LogP contribution in [0.15, 0.2) is 28.1 Å². The molecule has 0 N–H and O–H groups in total. The summed E-state index contributed by atoms with van der Waals surface area (Å²) in [5.41, 5.74) is -0.153. The molecule has 0 spiro atoms. The molecular weight excluding hydrogens is 372 g/mol. The molecule has 3 saturated heterocycles. The van der Waals surface area contributed by atoms with Crippen molar-refractivity contribution in [1.29, 1.82) is 0 Å². The summed E-state index contributed by atoms with van der Waals surface area (Å²) in [7, 11) is 0. The van der Waals surface area contributed by atoms with Crippen LogP contribution in [0, 0.1) is 0 Å². The first kappa shape index (κ1) is 16.0. The summed E-state index contributed by atoms with van der Waals surface area (Å²) in [5, 5.41) is 2.94. The first-order chi connectivity index (χ1) is 12.4. The number of alkyl halides is 3. The van der Waals surface area contributed by atoms with Gasteiger partial charge in [-0.25, -0.2) is 4.98 Å². The van der Waals surface area contributed by atoms with Crippen LogP contribution in [0.2, 0.25) is 0 Å². The minimum atomic E-state index is -4.50. The number of halogens is 4. The van der Waals surface area contributed by atoms with Gasteiger partial charge in [-0.1, -0.05) is 0 Å². The lowest BCUT2D eigenvalue weighted by atomic mass is 9.91. The number of piperazine rings is 1. The van der Waals surface area contributed by atoms with E-state index >= 15 is 0 Å². The lowest BCUT2D eigenvalue weighted by Crippen LogP contribution is -2.65. The molecule has 2 atom stereocenters. The Morgan fingerprint density at radius 1 is 1.19 bits per heavy atom. The van der Waals surface area contributed by atoms with Crippen molar-refractivity contribution in [2.24, 2.45) is 0 Å². The maximum atomic E-state index is 13.6. The van der Waals surface area contributed by atoms with Crippen molar-refractivity contribution in [3.8, 4) is 10.6 Å². The van der Waals surface area contributed by atoms with Crippen molar-refractivity contribution in [2.75, 3.05) is 18.0 Å². The highest BCUT2D eigenvalue weighted by atomic mass is 32.1. The van der Waals surface area contributed by atoms with Crippen LogP contribution in [-0.4, -0.2) is 40.3 Å². The Hall–Kier alpha value is -2.20. The van der Waals surface area contributed by atoms with Crippen LogP contribution in [0.4, 0.5) is 23.7 Å². The maximum Gasteiger partial charge on any atom is 0.416 e. The van der Waals surface area contributed by atoms with Gasteiger partial charge in [0, 0.05) is 24.7 Å². The zero-order valence-corrected chi connectivity index (χ0v) is 14.0. The Balaban J connectivity index is 1.62. The van der Waals surface area contributed by atoms with Gasteiger partial charge in [0.05, 0.1) is 23.2 Å². The molecule has 5 heterocycles. The van der Waals surface area contributed by atoms with E-state index in [-0.39, 0.29) is 34.8 Å². The van der Waals surface area contributed by atoms with Gasteiger partial charge in [-0.05, 0) is 18.6 Å². The minimum absolute atomic E-state index is 0.122. The molecule has 6 rings (SSSR count). The van der Waals surface area contributed by atoms with Crippen LogP contribution >= 0.6 is 11.3 Å². The number of piperidine rings is 1. The monoisotopic (exact) mass is 384 g/mol. The molecule has 3 aliphatic rings. The topological polar surface area (TPSA) is 45.4 Å². The molecule has 3 fully saturated rings. The second-order valence-corrected chi connectivity index (χ2v) is 7.39. The summed E-state index contributed by atoms with van der Waals surface area (Å²) in [6.45, 7) is 0.803. The van der Waals surface area contributed by atoms with Crippen LogP contribution in [0.25, 0.3) is 21.7 Å². The van der Waals surface area contributed by atoms with Crippen LogP contribution in [-0.2, 0) is 6.18 Å². The number of hydrogen-bond donors (Lipinski definition) is 0. The van der Waals surface area contributed by atoms with Crippen molar-refractivity contribution in [2.45, 2.75) is 24.7 Å². The summed E-state index contributed by atoms with van der Waals surface area (Å²) < 4.78 is 59.2. The van der Waals surface area contributed by atoms with Crippen molar-refractivity contribution < 1.29 is 22.1 Å². The first-order valence-electron chi connectivity index (χ1n) is 8.01. The third-order valence-electron chi connectivity index (χ3n) is 4.84. The summed E-state index contributed by atoms with van der Waals surface area (Å²) in [6, 6.07) is 1.80. The second kappa shape index (κ2) is 5.40. The van der Waals surface area contributed by atoms with E-state index in [0.29, 0.717) is 18.1 Å². The quantitative estimate of drug-likeness (QED) is 0.491. The van der Waals surface area contributed by atoms with Crippen LogP contribution in [0.5, 0.6) is 0 Å². The van der Waals surface area contributed by atoms with Crippen LogP contribution in [0.3, 0.4) is 0 Å². The highest BCUT2D eigenvalue weighted by Crippen LogP contribution is 2.40. The van der Waals surface area contributed by atoms with E-state index in [1.54, 1.807) is 10.3 Å².